The number of Topliss-reactive ketones (excluding diaryl/α,β-unsaturated/α-hetero) is 1. The molecule has 1 aromatic heterocycles. The molecular formula is C10H12OS. The zero-order valence-corrected chi connectivity index (χ0v) is 8.20. The smallest absolute Gasteiger partial charge is 0.141 e. The highest BCUT2D eigenvalue weighted by Gasteiger charge is 2.50. The van der Waals surface area contributed by atoms with Crippen molar-refractivity contribution in [3.63, 3.8) is 0 Å². The van der Waals surface area contributed by atoms with Gasteiger partial charge in [0.1, 0.15) is 5.78 Å². The van der Waals surface area contributed by atoms with Gasteiger partial charge in [0.25, 0.3) is 0 Å². The Morgan fingerprint density at radius 3 is 2.58 bits per heavy atom. The van der Waals surface area contributed by atoms with Crippen LogP contribution in [0.4, 0.5) is 0 Å². The van der Waals surface area contributed by atoms with Crippen LogP contribution in [0.25, 0.3) is 0 Å². The van der Waals surface area contributed by atoms with Crippen molar-refractivity contribution in [1.29, 1.82) is 0 Å². The summed E-state index contributed by atoms with van der Waals surface area (Å²) in [6, 6.07) is 2.10. The second kappa shape index (κ2) is 2.43. The molecule has 1 fully saturated rings. The highest BCUT2D eigenvalue weighted by Crippen LogP contribution is 2.51. The summed E-state index contributed by atoms with van der Waals surface area (Å²) in [5, 5.41) is 2.08. The molecule has 0 spiro atoms. The summed E-state index contributed by atoms with van der Waals surface area (Å²) in [5.41, 5.74) is 1.23. The van der Waals surface area contributed by atoms with E-state index in [1.54, 1.807) is 18.3 Å². The number of rotatable bonds is 2. The van der Waals surface area contributed by atoms with Crippen LogP contribution in [0.1, 0.15) is 30.2 Å². The van der Waals surface area contributed by atoms with E-state index in [-0.39, 0.29) is 5.41 Å². The molecule has 1 saturated carbocycles. The van der Waals surface area contributed by atoms with E-state index in [9.17, 15) is 4.79 Å². The predicted molar refractivity (Wildman–Crippen MR) is 50.6 cm³/mol. The second-order valence-corrected chi connectivity index (χ2v) is 4.49. The molecule has 1 aliphatic rings. The molecule has 0 saturated heterocycles. The van der Waals surface area contributed by atoms with E-state index < -0.39 is 0 Å². The van der Waals surface area contributed by atoms with Crippen LogP contribution in [-0.4, -0.2) is 5.78 Å². The lowest BCUT2D eigenvalue weighted by molar-refractivity contribution is -0.119. The predicted octanol–water partition coefficient (Wildman–Crippen LogP) is 2.68. The molecule has 1 heterocycles. The molecule has 1 aromatic rings. The van der Waals surface area contributed by atoms with E-state index in [0.29, 0.717) is 5.78 Å². The van der Waals surface area contributed by atoms with E-state index >= 15 is 0 Å². The van der Waals surface area contributed by atoms with Crippen molar-refractivity contribution in [2.24, 2.45) is 0 Å². The van der Waals surface area contributed by atoms with Gasteiger partial charge in [-0.3, -0.25) is 4.79 Å². The third-order valence-corrected chi connectivity index (χ3v) is 3.94. The first kappa shape index (κ1) is 7.99. The lowest BCUT2D eigenvalue weighted by Gasteiger charge is -2.09. The molecule has 0 amide bonds. The summed E-state index contributed by atoms with van der Waals surface area (Å²) in [4.78, 5) is 12.7. The molecule has 0 aromatic carbocycles. The second-order valence-electron chi connectivity index (χ2n) is 3.57. The number of carbonyl (C=O) groups excluding carboxylic acids is 1. The Morgan fingerprint density at radius 1 is 1.58 bits per heavy atom. The van der Waals surface area contributed by atoms with Crippen molar-refractivity contribution in [2.45, 2.75) is 32.1 Å². The summed E-state index contributed by atoms with van der Waals surface area (Å²) >= 11 is 1.73. The molecule has 64 valence electrons. The van der Waals surface area contributed by atoms with Crippen LogP contribution in [-0.2, 0) is 10.2 Å². The fourth-order valence-electron chi connectivity index (χ4n) is 1.73. The van der Waals surface area contributed by atoms with Gasteiger partial charge < -0.3 is 0 Å². The van der Waals surface area contributed by atoms with Crippen molar-refractivity contribution >= 4 is 17.1 Å². The fraction of sp³-hybridized carbons (Fsp3) is 0.500. The summed E-state index contributed by atoms with van der Waals surface area (Å²) in [6.07, 6.45) is 2.12. The monoisotopic (exact) mass is 180 g/mol. The Hall–Kier alpha value is -0.630. The average Bonchev–Trinajstić information content (AvgIpc) is 2.71. The number of ketones is 1. The maximum atomic E-state index is 11.4. The lowest BCUT2D eigenvalue weighted by atomic mass is 9.97. The highest BCUT2D eigenvalue weighted by molar-refractivity contribution is 7.10. The third kappa shape index (κ3) is 0.944. The third-order valence-electron chi connectivity index (χ3n) is 2.72. The van der Waals surface area contributed by atoms with Crippen LogP contribution in [0.5, 0.6) is 0 Å². The van der Waals surface area contributed by atoms with Gasteiger partial charge in [-0.1, -0.05) is 0 Å². The van der Waals surface area contributed by atoms with Gasteiger partial charge in [-0.05, 0) is 43.7 Å². The van der Waals surface area contributed by atoms with Gasteiger partial charge in [-0.25, -0.2) is 0 Å². The Bertz CT molecular complexity index is 320. The quantitative estimate of drug-likeness (QED) is 0.684. The average molecular weight is 180 g/mol. The minimum atomic E-state index is -0.0573. The maximum Gasteiger partial charge on any atom is 0.141 e. The number of hydrogen-bond donors (Lipinski definition) is 0. The van der Waals surface area contributed by atoms with Crippen LogP contribution >= 0.6 is 11.3 Å². The Morgan fingerprint density at radius 2 is 2.25 bits per heavy atom. The normalized spacial score (nSPS) is 19.2. The summed E-state index contributed by atoms with van der Waals surface area (Å²) < 4.78 is 0. The van der Waals surface area contributed by atoms with Gasteiger partial charge in [-0.2, -0.15) is 0 Å². The standard InChI is InChI=1S/C10H12OS/c1-7-3-6-12-9(7)10(4-5-10)8(2)11/h3,6H,4-5H2,1-2H3. The van der Waals surface area contributed by atoms with Gasteiger partial charge in [0.15, 0.2) is 0 Å². The van der Waals surface area contributed by atoms with E-state index in [2.05, 4.69) is 18.4 Å². The summed E-state index contributed by atoms with van der Waals surface area (Å²) in [7, 11) is 0. The fourth-order valence-corrected chi connectivity index (χ4v) is 2.96. The summed E-state index contributed by atoms with van der Waals surface area (Å²) in [5.74, 6) is 0.341. The topological polar surface area (TPSA) is 17.1 Å². The Balaban J connectivity index is 2.43. The molecule has 2 rings (SSSR count). The Labute approximate surface area is 76.4 Å². The van der Waals surface area contributed by atoms with Gasteiger partial charge in [0.05, 0.1) is 5.41 Å². The molecule has 0 atom stereocenters. The molecule has 2 heteroatoms. The van der Waals surface area contributed by atoms with Crippen molar-refractivity contribution in [3.8, 4) is 0 Å². The molecule has 0 aliphatic heterocycles. The number of hydrogen-bond acceptors (Lipinski definition) is 2. The molecule has 0 unspecified atom stereocenters. The molecule has 0 bridgehead atoms. The van der Waals surface area contributed by atoms with Crippen LogP contribution in [0, 0.1) is 6.92 Å². The van der Waals surface area contributed by atoms with Gasteiger partial charge in [0.2, 0.25) is 0 Å². The minimum absolute atomic E-state index is 0.0573. The van der Waals surface area contributed by atoms with Crippen molar-refractivity contribution < 1.29 is 4.79 Å². The first-order chi connectivity index (χ1) is 5.67. The summed E-state index contributed by atoms with van der Waals surface area (Å²) in [6.45, 7) is 3.81. The first-order valence-corrected chi connectivity index (χ1v) is 5.10. The van der Waals surface area contributed by atoms with Crippen LogP contribution in [0.15, 0.2) is 11.4 Å². The molecule has 1 nitrogen and oxygen atoms in total. The highest BCUT2D eigenvalue weighted by atomic mass is 32.1. The molecule has 0 radical (unpaired) electrons. The number of aryl methyl sites for hydroxylation is 1. The van der Waals surface area contributed by atoms with Crippen molar-refractivity contribution in [2.75, 3.05) is 0 Å². The largest absolute Gasteiger partial charge is 0.299 e. The SMILES string of the molecule is CC(=O)C1(c2sccc2C)CC1. The van der Waals surface area contributed by atoms with Gasteiger partial charge in [-0.15, -0.1) is 11.3 Å². The maximum absolute atomic E-state index is 11.4. The van der Waals surface area contributed by atoms with Crippen LogP contribution in [0.3, 0.4) is 0 Å². The van der Waals surface area contributed by atoms with Crippen molar-refractivity contribution in [3.05, 3.63) is 21.9 Å². The van der Waals surface area contributed by atoms with E-state index in [1.165, 1.54) is 10.4 Å². The van der Waals surface area contributed by atoms with Crippen LogP contribution in [0.2, 0.25) is 0 Å². The zero-order valence-electron chi connectivity index (χ0n) is 7.39. The minimum Gasteiger partial charge on any atom is -0.299 e. The zero-order chi connectivity index (χ0) is 8.77. The van der Waals surface area contributed by atoms with E-state index in [4.69, 9.17) is 0 Å². The number of carbonyl (C=O) groups is 1. The van der Waals surface area contributed by atoms with Crippen LogP contribution < -0.4 is 0 Å². The molecule has 0 N–H and O–H groups in total. The molecule has 1 aliphatic carbocycles. The lowest BCUT2D eigenvalue weighted by Crippen LogP contribution is -2.16. The van der Waals surface area contributed by atoms with Crippen molar-refractivity contribution in [1.82, 2.24) is 0 Å². The number of thiophene rings is 1. The van der Waals surface area contributed by atoms with Gasteiger partial charge in [0, 0.05) is 4.88 Å². The molecule has 12 heavy (non-hydrogen) atoms. The molecular weight excluding hydrogens is 168 g/mol. The van der Waals surface area contributed by atoms with Gasteiger partial charge >= 0.3 is 0 Å². The van der Waals surface area contributed by atoms with E-state index in [0.717, 1.165) is 12.8 Å². The first-order valence-electron chi connectivity index (χ1n) is 4.22. The van der Waals surface area contributed by atoms with E-state index in [1.807, 2.05) is 0 Å². The Kier molecular flexibility index (Phi) is 1.62.